The van der Waals surface area contributed by atoms with Crippen LogP contribution in [0, 0.1) is 0 Å². The van der Waals surface area contributed by atoms with Gasteiger partial charge in [0.25, 0.3) is 0 Å². The molecule has 0 saturated carbocycles. The highest BCUT2D eigenvalue weighted by atomic mass is 35.5. The Morgan fingerprint density at radius 1 is 1.41 bits per heavy atom. The largest absolute Gasteiger partial charge is 0.497 e. The second-order valence-corrected chi connectivity index (χ2v) is 4.64. The molecule has 1 aromatic carbocycles. The molecule has 17 heavy (non-hydrogen) atoms. The Morgan fingerprint density at radius 3 is 2.71 bits per heavy atom. The van der Waals surface area contributed by atoms with E-state index < -0.39 is 0 Å². The van der Waals surface area contributed by atoms with Gasteiger partial charge < -0.3 is 9.30 Å². The molecule has 0 atom stereocenters. The van der Waals surface area contributed by atoms with E-state index in [4.69, 9.17) is 16.3 Å². The average molecular weight is 291 g/mol. The summed E-state index contributed by atoms with van der Waals surface area (Å²) >= 11 is 7.67. The molecule has 2 rings (SSSR count). The summed E-state index contributed by atoms with van der Waals surface area (Å²) in [5, 5.41) is 1.58. The lowest BCUT2D eigenvalue weighted by molar-refractivity contribution is 0.414. The number of halogens is 2. The number of imidazole rings is 1. The molecule has 92 valence electrons. The highest BCUT2D eigenvalue weighted by molar-refractivity contribution is 7.99. The Morgan fingerprint density at radius 2 is 2.18 bits per heavy atom. The summed E-state index contributed by atoms with van der Waals surface area (Å²) in [6.45, 7) is 0. The molecule has 0 spiro atoms. The van der Waals surface area contributed by atoms with E-state index in [-0.39, 0.29) is 12.4 Å². The lowest BCUT2D eigenvalue weighted by Gasteiger charge is -2.05. The quantitative estimate of drug-likeness (QED) is 0.863. The van der Waals surface area contributed by atoms with Gasteiger partial charge in [0.05, 0.1) is 12.1 Å². The maximum atomic E-state index is 6.14. The highest BCUT2D eigenvalue weighted by Crippen LogP contribution is 2.34. The second kappa shape index (κ2) is 6.19. The smallest absolute Gasteiger partial charge is 0.172 e. The van der Waals surface area contributed by atoms with Crippen LogP contribution in [0.1, 0.15) is 0 Å². The molecule has 3 nitrogen and oxygen atoms in total. The van der Waals surface area contributed by atoms with E-state index in [0.29, 0.717) is 5.02 Å². The number of benzene rings is 1. The predicted molar refractivity (Wildman–Crippen MR) is 72.6 cm³/mol. The molecule has 6 heteroatoms. The SMILES string of the molecule is COc1ccc(Sc2nccn2C)c(Cl)c1.Cl. The Balaban J connectivity index is 0.00000144. The normalized spacial score (nSPS) is 9.82. The number of hydrogen-bond acceptors (Lipinski definition) is 3. The van der Waals surface area contributed by atoms with E-state index in [1.54, 1.807) is 19.4 Å². The molecule has 1 aromatic heterocycles. The fourth-order valence-corrected chi connectivity index (χ4v) is 2.33. The predicted octanol–water partition coefficient (Wildman–Crippen LogP) is 3.66. The van der Waals surface area contributed by atoms with Crippen molar-refractivity contribution in [3.8, 4) is 5.75 Å². The molecule has 0 aliphatic carbocycles. The van der Waals surface area contributed by atoms with Gasteiger partial charge >= 0.3 is 0 Å². The lowest BCUT2D eigenvalue weighted by Crippen LogP contribution is -1.89. The number of aryl methyl sites for hydroxylation is 1. The van der Waals surface area contributed by atoms with E-state index in [1.165, 1.54) is 11.8 Å². The summed E-state index contributed by atoms with van der Waals surface area (Å²) < 4.78 is 7.04. The van der Waals surface area contributed by atoms with Crippen LogP contribution in [0.15, 0.2) is 40.6 Å². The van der Waals surface area contributed by atoms with Gasteiger partial charge in [-0.1, -0.05) is 23.4 Å². The van der Waals surface area contributed by atoms with E-state index >= 15 is 0 Å². The number of aromatic nitrogens is 2. The number of hydrogen-bond donors (Lipinski definition) is 0. The first-order valence-electron chi connectivity index (χ1n) is 4.69. The van der Waals surface area contributed by atoms with Crippen molar-refractivity contribution >= 4 is 35.8 Å². The Bertz CT molecular complexity index is 502. The molecule has 0 bridgehead atoms. The fraction of sp³-hybridized carbons (Fsp3) is 0.182. The molecular formula is C11H12Cl2N2OS. The topological polar surface area (TPSA) is 27.1 Å². The van der Waals surface area contributed by atoms with Gasteiger partial charge in [-0.05, 0) is 18.2 Å². The molecule has 0 saturated heterocycles. The van der Waals surface area contributed by atoms with Gasteiger partial charge in [0, 0.05) is 24.3 Å². The third kappa shape index (κ3) is 3.31. The van der Waals surface area contributed by atoms with Crippen LogP contribution >= 0.6 is 35.8 Å². The van der Waals surface area contributed by atoms with Crippen LogP contribution in [0.4, 0.5) is 0 Å². The van der Waals surface area contributed by atoms with Gasteiger partial charge in [0.2, 0.25) is 0 Å². The molecule has 0 radical (unpaired) electrons. The van der Waals surface area contributed by atoms with Gasteiger partial charge in [0.1, 0.15) is 5.75 Å². The first-order chi connectivity index (χ1) is 7.70. The lowest BCUT2D eigenvalue weighted by atomic mass is 10.3. The highest BCUT2D eigenvalue weighted by Gasteiger charge is 2.07. The maximum Gasteiger partial charge on any atom is 0.172 e. The number of ether oxygens (including phenoxy) is 1. The minimum Gasteiger partial charge on any atom is -0.497 e. The van der Waals surface area contributed by atoms with E-state index in [0.717, 1.165) is 15.8 Å². The summed E-state index contributed by atoms with van der Waals surface area (Å²) in [6, 6.07) is 5.62. The number of rotatable bonds is 3. The number of nitrogens with zero attached hydrogens (tertiary/aromatic N) is 2. The molecule has 0 aliphatic rings. The summed E-state index contributed by atoms with van der Waals surface area (Å²) in [7, 11) is 3.57. The third-order valence-corrected chi connectivity index (χ3v) is 3.69. The van der Waals surface area contributed by atoms with Crippen molar-refractivity contribution in [2.45, 2.75) is 10.1 Å². The van der Waals surface area contributed by atoms with E-state index in [2.05, 4.69) is 4.98 Å². The minimum atomic E-state index is 0. The standard InChI is InChI=1S/C11H11ClN2OS.ClH/c1-14-6-5-13-11(14)16-10-4-3-8(15-2)7-9(10)12;/h3-7H,1-2H3;1H. The summed E-state index contributed by atoms with van der Waals surface area (Å²) in [6.07, 6.45) is 3.67. The van der Waals surface area contributed by atoms with Gasteiger partial charge in [-0.25, -0.2) is 4.98 Å². The summed E-state index contributed by atoms with van der Waals surface area (Å²) in [4.78, 5) is 5.20. The maximum absolute atomic E-state index is 6.14. The summed E-state index contributed by atoms with van der Waals surface area (Å²) in [5.41, 5.74) is 0. The van der Waals surface area contributed by atoms with Gasteiger partial charge in [-0.2, -0.15) is 0 Å². The minimum absolute atomic E-state index is 0. The van der Waals surface area contributed by atoms with Crippen LogP contribution in [-0.2, 0) is 7.05 Å². The Labute approximate surface area is 116 Å². The van der Waals surface area contributed by atoms with E-state index in [9.17, 15) is 0 Å². The molecule has 2 aromatic rings. The molecule has 0 N–H and O–H groups in total. The molecule has 0 unspecified atom stereocenters. The zero-order valence-corrected chi connectivity index (χ0v) is 11.8. The fourth-order valence-electron chi connectivity index (χ4n) is 1.24. The second-order valence-electron chi connectivity index (χ2n) is 3.22. The van der Waals surface area contributed by atoms with Crippen molar-refractivity contribution in [1.82, 2.24) is 9.55 Å². The first kappa shape index (κ1) is 14.2. The first-order valence-corrected chi connectivity index (χ1v) is 5.89. The van der Waals surface area contributed by atoms with Crippen molar-refractivity contribution in [3.63, 3.8) is 0 Å². The van der Waals surface area contributed by atoms with Crippen molar-refractivity contribution in [2.24, 2.45) is 7.05 Å². The Hall–Kier alpha value is -0.840. The average Bonchev–Trinajstić information content (AvgIpc) is 2.67. The molecular weight excluding hydrogens is 279 g/mol. The van der Waals surface area contributed by atoms with Crippen LogP contribution in [0.5, 0.6) is 5.75 Å². The van der Waals surface area contributed by atoms with Crippen molar-refractivity contribution in [1.29, 1.82) is 0 Å². The molecule has 0 fully saturated rings. The monoisotopic (exact) mass is 290 g/mol. The van der Waals surface area contributed by atoms with Crippen molar-refractivity contribution < 1.29 is 4.74 Å². The zero-order chi connectivity index (χ0) is 11.5. The van der Waals surface area contributed by atoms with Crippen molar-refractivity contribution in [3.05, 3.63) is 35.6 Å². The van der Waals surface area contributed by atoms with Gasteiger partial charge in [-0.15, -0.1) is 12.4 Å². The van der Waals surface area contributed by atoms with Crippen LogP contribution in [0.3, 0.4) is 0 Å². The van der Waals surface area contributed by atoms with Crippen LogP contribution < -0.4 is 4.74 Å². The van der Waals surface area contributed by atoms with Crippen LogP contribution in [0.2, 0.25) is 5.02 Å². The van der Waals surface area contributed by atoms with Gasteiger partial charge in [-0.3, -0.25) is 0 Å². The van der Waals surface area contributed by atoms with Crippen LogP contribution in [-0.4, -0.2) is 16.7 Å². The molecule has 0 aliphatic heterocycles. The Kier molecular flexibility index (Phi) is 5.18. The summed E-state index contributed by atoms with van der Waals surface area (Å²) in [5.74, 6) is 0.759. The third-order valence-electron chi connectivity index (χ3n) is 2.12. The molecule has 0 amide bonds. The van der Waals surface area contributed by atoms with Crippen molar-refractivity contribution in [2.75, 3.05) is 7.11 Å². The number of methoxy groups -OCH3 is 1. The van der Waals surface area contributed by atoms with E-state index in [1.807, 2.05) is 29.9 Å². The molecule has 1 heterocycles. The van der Waals surface area contributed by atoms with Crippen LogP contribution in [0.25, 0.3) is 0 Å². The van der Waals surface area contributed by atoms with Gasteiger partial charge in [0.15, 0.2) is 5.16 Å². The zero-order valence-electron chi connectivity index (χ0n) is 9.38.